The van der Waals surface area contributed by atoms with Crippen LogP contribution in [0.2, 0.25) is 0 Å². The summed E-state index contributed by atoms with van der Waals surface area (Å²) in [4.78, 5) is 10.0. The zero-order valence-corrected chi connectivity index (χ0v) is 10.6. The molecule has 0 aromatic heterocycles. The van der Waals surface area contributed by atoms with Gasteiger partial charge in [-0.15, -0.1) is 0 Å². The van der Waals surface area contributed by atoms with Crippen LogP contribution in [0.1, 0.15) is 17.3 Å². The lowest BCUT2D eigenvalue weighted by Crippen LogP contribution is -1.90. The fraction of sp³-hybridized carbons (Fsp3) is 0.133. The van der Waals surface area contributed by atoms with E-state index < -0.39 is 0 Å². The Balaban J connectivity index is 0.000000200. The van der Waals surface area contributed by atoms with E-state index in [1.807, 2.05) is 25.1 Å². The van der Waals surface area contributed by atoms with Gasteiger partial charge in [0.1, 0.15) is 12.0 Å². The van der Waals surface area contributed by atoms with Crippen LogP contribution in [0.15, 0.2) is 48.5 Å². The van der Waals surface area contributed by atoms with E-state index in [0.29, 0.717) is 12.4 Å². The molecular formula is C15H16O4. The summed E-state index contributed by atoms with van der Waals surface area (Å²) in [5.74, 6) is 0.448. The molecule has 0 amide bonds. The van der Waals surface area contributed by atoms with Crippen LogP contribution >= 0.6 is 0 Å². The van der Waals surface area contributed by atoms with Crippen LogP contribution in [0.3, 0.4) is 0 Å². The highest BCUT2D eigenvalue weighted by Crippen LogP contribution is 2.29. The van der Waals surface area contributed by atoms with Crippen molar-refractivity contribution in [2.24, 2.45) is 0 Å². The molecular weight excluding hydrogens is 244 g/mol. The van der Waals surface area contributed by atoms with Crippen LogP contribution in [0.5, 0.6) is 17.2 Å². The quantitative estimate of drug-likeness (QED) is 0.657. The van der Waals surface area contributed by atoms with Gasteiger partial charge in [0, 0.05) is 11.6 Å². The fourth-order valence-electron chi connectivity index (χ4n) is 1.31. The van der Waals surface area contributed by atoms with Crippen molar-refractivity contribution in [2.45, 2.75) is 6.92 Å². The second-order valence-electron chi connectivity index (χ2n) is 3.61. The summed E-state index contributed by atoms with van der Waals surface area (Å²) in [6.07, 6.45) is 0.833. The molecule has 100 valence electrons. The van der Waals surface area contributed by atoms with Crippen molar-refractivity contribution in [3.63, 3.8) is 0 Å². The molecule has 19 heavy (non-hydrogen) atoms. The van der Waals surface area contributed by atoms with E-state index >= 15 is 0 Å². The standard InChI is InChI=1S/C8H10O3.C7H6O/c1-2-11-8-5-6(9)3-4-7(8)10;8-6-7-4-2-1-3-5-7/h3-5,9-10H,2H2,1H3;1-6H. The van der Waals surface area contributed by atoms with Crippen molar-refractivity contribution in [2.75, 3.05) is 6.61 Å². The fourth-order valence-corrected chi connectivity index (χ4v) is 1.31. The highest BCUT2D eigenvalue weighted by atomic mass is 16.5. The zero-order valence-electron chi connectivity index (χ0n) is 10.6. The van der Waals surface area contributed by atoms with E-state index in [1.54, 1.807) is 12.1 Å². The molecule has 0 radical (unpaired) electrons. The number of phenols is 2. The Bertz CT molecular complexity index is 509. The summed E-state index contributed by atoms with van der Waals surface area (Å²) in [6, 6.07) is 13.3. The van der Waals surface area contributed by atoms with E-state index in [4.69, 9.17) is 14.9 Å². The predicted octanol–water partition coefficient (Wildman–Crippen LogP) is 3.00. The van der Waals surface area contributed by atoms with Crippen molar-refractivity contribution in [1.82, 2.24) is 0 Å². The minimum atomic E-state index is 0.0460. The van der Waals surface area contributed by atoms with Gasteiger partial charge in [0.2, 0.25) is 0 Å². The summed E-state index contributed by atoms with van der Waals surface area (Å²) >= 11 is 0. The maximum Gasteiger partial charge on any atom is 0.164 e. The molecule has 2 rings (SSSR count). The molecule has 4 heteroatoms. The number of aldehydes is 1. The minimum absolute atomic E-state index is 0.0460. The first kappa shape index (κ1) is 14.6. The highest BCUT2D eigenvalue weighted by Gasteiger charge is 2.00. The second kappa shape index (κ2) is 7.76. The lowest BCUT2D eigenvalue weighted by Gasteiger charge is -2.04. The van der Waals surface area contributed by atoms with Gasteiger partial charge in [0.25, 0.3) is 0 Å². The number of aromatic hydroxyl groups is 2. The van der Waals surface area contributed by atoms with Crippen LogP contribution in [0.4, 0.5) is 0 Å². The third-order valence-corrected chi connectivity index (χ3v) is 2.18. The Morgan fingerprint density at radius 2 is 1.79 bits per heavy atom. The number of ether oxygens (including phenoxy) is 1. The average Bonchev–Trinajstić information content (AvgIpc) is 2.45. The summed E-state index contributed by atoms with van der Waals surface area (Å²) in [7, 11) is 0. The molecule has 2 N–H and O–H groups in total. The van der Waals surface area contributed by atoms with Gasteiger partial charge < -0.3 is 14.9 Å². The maximum atomic E-state index is 10.0. The summed E-state index contributed by atoms with van der Waals surface area (Å²) in [6.45, 7) is 2.28. The molecule has 2 aromatic carbocycles. The predicted molar refractivity (Wildman–Crippen MR) is 72.8 cm³/mol. The van der Waals surface area contributed by atoms with Crippen molar-refractivity contribution in [3.8, 4) is 17.2 Å². The molecule has 4 nitrogen and oxygen atoms in total. The lowest BCUT2D eigenvalue weighted by atomic mass is 10.2. The molecule has 0 spiro atoms. The summed E-state index contributed by atoms with van der Waals surface area (Å²) < 4.78 is 5.01. The maximum absolute atomic E-state index is 10.0. The third kappa shape index (κ3) is 5.12. The van der Waals surface area contributed by atoms with E-state index in [2.05, 4.69) is 0 Å². The Hall–Kier alpha value is -2.49. The Morgan fingerprint density at radius 3 is 2.32 bits per heavy atom. The smallest absolute Gasteiger partial charge is 0.164 e. The molecule has 0 unspecified atom stereocenters. The van der Waals surface area contributed by atoms with Crippen LogP contribution in [0.25, 0.3) is 0 Å². The van der Waals surface area contributed by atoms with Crippen LogP contribution in [-0.4, -0.2) is 23.1 Å². The molecule has 0 fully saturated rings. The van der Waals surface area contributed by atoms with Crippen LogP contribution in [0, 0.1) is 0 Å². The van der Waals surface area contributed by atoms with E-state index in [0.717, 1.165) is 11.8 Å². The molecule has 0 heterocycles. The molecule has 0 bridgehead atoms. The first-order valence-corrected chi connectivity index (χ1v) is 5.82. The summed E-state index contributed by atoms with van der Waals surface area (Å²) in [5, 5.41) is 18.1. The molecule has 0 saturated heterocycles. The van der Waals surface area contributed by atoms with Gasteiger partial charge >= 0.3 is 0 Å². The van der Waals surface area contributed by atoms with Gasteiger partial charge in [-0.1, -0.05) is 30.3 Å². The number of hydrogen-bond donors (Lipinski definition) is 2. The second-order valence-corrected chi connectivity index (χ2v) is 3.61. The minimum Gasteiger partial charge on any atom is -0.508 e. The largest absolute Gasteiger partial charge is 0.508 e. The number of hydrogen-bond acceptors (Lipinski definition) is 4. The molecule has 0 aliphatic heterocycles. The van der Waals surface area contributed by atoms with Gasteiger partial charge in [-0.05, 0) is 19.1 Å². The van der Waals surface area contributed by atoms with E-state index in [9.17, 15) is 4.79 Å². The molecule has 0 atom stereocenters. The molecule has 0 saturated carbocycles. The van der Waals surface area contributed by atoms with Gasteiger partial charge in [-0.25, -0.2) is 0 Å². The van der Waals surface area contributed by atoms with Crippen LogP contribution < -0.4 is 4.74 Å². The number of rotatable bonds is 3. The topological polar surface area (TPSA) is 66.8 Å². The Morgan fingerprint density at radius 1 is 1.11 bits per heavy atom. The van der Waals surface area contributed by atoms with Gasteiger partial charge in [-0.2, -0.15) is 0 Å². The lowest BCUT2D eigenvalue weighted by molar-refractivity contribution is 0.112. The number of carbonyl (C=O) groups excluding carboxylic acids is 1. The molecule has 2 aromatic rings. The summed E-state index contributed by atoms with van der Waals surface area (Å²) in [5.41, 5.74) is 0.729. The third-order valence-electron chi connectivity index (χ3n) is 2.18. The van der Waals surface area contributed by atoms with E-state index in [-0.39, 0.29) is 11.5 Å². The van der Waals surface area contributed by atoms with Gasteiger partial charge in [0.15, 0.2) is 11.5 Å². The zero-order chi connectivity index (χ0) is 14.1. The van der Waals surface area contributed by atoms with Gasteiger partial charge in [-0.3, -0.25) is 4.79 Å². The number of benzene rings is 2. The Kier molecular flexibility index (Phi) is 5.95. The Labute approximate surface area is 111 Å². The molecule has 0 aliphatic carbocycles. The average molecular weight is 260 g/mol. The highest BCUT2D eigenvalue weighted by molar-refractivity contribution is 5.74. The van der Waals surface area contributed by atoms with E-state index in [1.165, 1.54) is 18.2 Å². The van der Waals surface area contributed by atoms with Crippen molar-refractivity contribution < 1.29 is 19.7 Å². The normalized spacial score (nSPS) is 9.11. The van der Waals surface area contributed by atoms with Crippen molar-refractivity contribution >= 4 is 6.29 Å². The molecule has 0 aliphatic rings. The van der Waals surface area contributed by atoms with Crippen molar-refractivity contribution in [3.05, 3.63) is 54.1 Å². The number of carbonyl (C=O) groups is 1. The SMILES string of the molecule is CCOc1cc(O)ccc1O.O=Cc1ccccc1. The first-order valence-electron chi connectivity index (χ1n) is 5.82. The monoisotopic (exact) mass is 260 g/mol. The van der Waals surface area contributed by atoms with Crippen LogP contribution in [-0.2, 0) is 0 Å². The van der Waals surface area contributed by atoms with Crippen molar-refractivity contribution in [1.29, 1.82) is 0 Å². The van der Waals surface area contributed by atoms with Gasteiger partial charge in [0.05, 0.1) is 6.61 Å². The number of phenolic OH excluding ortho intramolecular Hbond substituents is 2. The first-order chi connectivity index (χ1) is 9.17.